The van der Waals surface area contributed by atoms with E-state index < -0.39 is 24.0 Å². The van der Waals surface area contributed by atoms with Gasteiger partial charge >= 0.3 is 5.97 Å². The summed E-state index contributed by atoms with van der Waals surface area (Å²) >= 11 is 0. The number of benzene rings is 2. The highest BCUT2D eigenvalue weighted by atomic mass is 16.5. The number of hydrogen-bond donors (Lipinski definition) is 4. The van der Waals surface area contributed by atoms with Crippen LogP contribution in [0, 0.1) is 0 Å². The molecule has 0 saturated heterocycles. The predicted molar refractivity (Wildman–Crippen MR) is 195 cm³/mol. The van der Waals surface area contributed by atoms with Crippen molar-refractivity contribution in [3.8, 4) is 0 Å². The number of carbonyl (C=O) groups excluding carboxylic acids is 3. The molecule has 0 spiro atoms. The highest BCUT2D eigenvalue weighted by Crippen LogP contribution is 2.21. The molecule has 0 bridgehead atoms. The molecule has 0 unspecified atom stereocenters. The zero-order valence-corrected chi connectivity index (χ0v) is 29.1. The standard InChI is InChI=1S/C40H56N4O4/c1-3-5-6-7-8-9-10-11-12-13-14-15-16-25-38(45)43-36(26-30-28-41-34-23-19-17-21-32(30)34)39(46)44-37(40(47)48-4-2)27-31-29-42-35-24-20-18-22-33(31)35/h17-24,28-29,36-37,41-42H,3-16,25-27H2,1-2H3,(H,43,45)(H,44,46)/t36-,37-/m0/s1. The number of unbranched alkanes of at least 4 members (excludes halogenated alkanes) is 12. The Labute approximate surface area is 286 Å². The van der Waals surface area contributed by atoms with Crippen molar-refractivity contribution in [1.29, 1.82) is 0 Å². The van der Waals surface area contributed by atoms with Gasteiger partial charge in [-0.15, -0.1) is 0 Å². The quantitative estimate of drug-likeness (QED) is 0.0474. The van der Waals surface area contributed by atoms with E-state index in [1.54, 1.807) is 6.92 Å². The fourth-order valence-electron chi connectivity index (χ4n) is 6.53. The van der Waals surface area contributed by atoms with E-state index in [1.165, 1.54) is 64.2 Å². The number of aromatic nitrogens is 2. The van der Waals surface area contributed by atoms with Crippen molar-refractivity contribution in [3.05, 3.63) is 72.1 Å². The number of para-hydroxylation sites is 2. The highest BCUT2D eigenvalue weighted by Gasteiger charge is 2.29. The molecule has 2 heterocycles. The number of amides is 2. The van der Waals surface area contributed by atoms with Gasteiger partial charge in [0, 0.05) is 53.5 Å². The van der Waals surface area contributed by atoms with Crippen molar-refractivity contribution in [3.63, 3.8) is 0 Å². The zero-order valence-electron chi connectivity index (χ0n) is 29.1. The summed E-state index contributed by atoms with van der Waals surface area (Å²) in [6.07, 6.45) is 20.8. The minimum atomic E-state index is -0.903. The van der Waals surface area contributed by atoms with E-state index in [0.717, 1.165) is 52.2 Å². The number of carbonyl (C=O) groups is 3. The van der Waals surface area contributed by atoms with Gasteiger partial charge in [0.2, 0.25) is 11.8 Å². The second-order valence-corrected chi connectivity index (χ2v) is 13.1. The summed E-state index contributed by atoms with van der Waals surface area (Å²) in [6.45, 7) is 4.21. The van der Waals surface area contributed by atoms with Crippen LogP contribution in [0.2, 0.25) is 0 Å². The largest absolute Gasteiger partial charge is 0.464 e. The summed E-state index contributed by atoms with van der Waals surface area (Å²) in [7, 11) is 0. The minimum absolute atomic E-state index is 0.151. The Balaban J connectivity index is 1.32. The lowest BCUT2D eigenvalue weighted by molar-refractivity contribution is -0.147. The summed E-state index contributed by atoms with van der Waals surface area (Å²) in [4.78, 5) is 46.7. The van der Waals surface area contributed by atoms with E-state index >= 15 is 0 Å². The fraction of sp³-hybridized carbons (Fsp3) is 0.525. The molecule has 4 rings (SSSR count). The summed E-state index contributed by atoms with van der Waals surface area (Å²) in [5.41, 5.74) is 3.76. The van der Waals surface area contributed by atoms with Crippen molar-refractivity contribution in [1.82, 2.24) is 20.6 Å². The predicted octanol–water partition coefficient (Wildman–Crippen LogP) is 8.45. The summed E-state index contributed by atoms with van der Waals surface area (Å²) < 4.78 is 5.36. The molecule has 4 aromatic rings. The number of fused-ring (bicyclic) bond motifs is 2. The molecule has 0 saturated carbocycles. The van der Waals surface area contributed by atoms with Gasteiger partial charge in [0.15, 0.2) is 0 Å². The van der Waals surface area contributed by atoms with E-state index in [0.29, 0.717) is 12.8 Å². The average molecular weight is 657 g/mol. The lowest BCUT2D eigenvalue weighted by Gasteiger charge is -2.23. The number of ether oxygens (including phenoxy) is 1. The van der Waals surface area contributed by atoms with Gasteiger partial charge in [-0.2, -0.15) is 0 Å². The van der Waals surface area contributed by atoms with Gasteiger partial charge in [-0.25, -0.2) is 4.79 Å². The number of H-pyrrole nitrogens is 2. The summed E-state index contributed by atoms with van der Waals surface area (Å²) in [6, 6.07) is 14.0. The van der Waals surface area contributed by atoms with Crippen LogP contribution >= 0.6 is 0 Å². The molecule has 0 radical (unpaired) electrons. The molecule has 0 aliphatic heterocycles. The Kier molecular flexibility index (Phi) is 15.6. The van der Waals surface area contributed by atoms with Gasteiger partial charge in [-0.3, -0.25) is 9.59 Å². The molecule has 8 heteroatoms. The van der Waals surface area contributed by atoms with E-state index in [1.807, 2.05) is 60.9 Å². The van der Waals surface area contributed by atoms with Crippen LogP contribution in [0.5, 0.6) is 0 Å². The van der Waals surface area contributed by atoms with E-state index in [-0.39, 0.29) is 18.9 Å². The topological polar surface area (TPSA) is 116 Å². The molecule has 4 N–H and O–H groups in total. The maximum absolute atomic E-state index is 13.9. The number of hydrogen-bond acceptors (Lipinski definition) is 4. The molecule has 0 aliphatic rings. The number of esters is 1. The molecular weight excluding hydrogens is 600 g/mol. The van der Waals surface area contributed by atoms with Crippen molar-refractivity contribution in [2.24, 2.45) is 0 Å². The summed E-state index contributed by atoms with van der Waals surface area (Å²) in [5.74, 6) is -1.06. The van der Waals surface area contributed by atoms with Crippen molar-refractivity contribution in [2.75, 3.05) is 6.61 Å². The monoisotopic (exact) mass is 656 g/mol. The van der Waals surface area contributed by atoms with Gasteiger partial charge in [0.1, 0.15) is 12.1 Å². The first-order chi connectivity index (χ1) is 23.5. The van der Waals surface area contributed by atoms with E-state index in [2.05, 4.69) is 27.5 Å². The molecule has 48 heavy (non-hydrogen) atoms. The van der Waals surface area contributed by atoms with E-state index in [9.17, 15) is 14.4 Å². The van der Waals surface area contributed by atoms with Crippen LogP contribution < -0.4 is 10.6 Å². The van der Waals surface area contributed by atoms with Crippen LogP contribution in [0.15, 0.2) is 60.9 Å². The maximum atomic E-state index is 13.9. The Morgan fingerprint density at radius 1 is 0.625 bits per heavy atom. The van der Waals surface area contributed by atoms with E-state index in [4.69, 9.17) is 4.74 Å². The van der Waals surface area contributed by atoms with Crippen LogP contribution in [-0.2, 0) is 32.0 Å². The smallest absolute Gasteiger partial charge is 0.328 e. The molecule has 2 aromatic heterocycles. The highest BCUT2D eigenvalue weighted by molar-refractivity contribution is 5.92. The molecule has 8 nitrogen and oxygen atoms in total. The molecule has 2 amide bonds. The van der Waals surface area contributed by atoms with Crippen molar-refractivity contribution >= 4 is 39.6 Å². The normalized spacial score (nSPS) is 12.6. The Morgan fingerprint density at radius 3 is 1.62 bits per heavy atom. The summed E-state index contributed by atoms with van der Waals surface area (Å²) in [5, 5.41) is 7.93. The van der Waals surface area contributed by atoms with Crippen molar-refractivity contribution < 1.29 is 19.1 Å². The number of rotatable bonds is 23. The lowest BCUT2D eigenvalue weighted by Crippen LogP contribution is -2.53. The van der Waals surface area contributed by atoms with Crippen LogP contribution in [0.25, 0.3) is 21.8 Å². The molecule has 2 atom stereocenters. The molecule has 0 aliphatic carbocycles. The van der Waals surface area contributed by atoms with Crippen LogP contribution in [0.3, 0.4) is 0 Å². The second kappa shape index (κ2) is 20.3. The molecular formula is C40H56N4O4. The zero-order chi connectivity index (χ0) is 34.0. The molecule has 2 aromatic carbocycles. The maximum Gasteiger partial charge on any atom is 0.328 e. The Morgan fingerprint density at radius 2 is 1.10 bits per heavy atom. The minimum Gasteiger partial charge on any atom is -0.464 e. The second-order valence-electron chi connectivity index (χ2n) is 13.1. The molecule has 260 valence electrons. The third-order valence-electron chi connectivity index (χ3n) is 9.24. The fourth-order valence-corrected chi connectivity index (χ4v) is 6.53. The average Bonchev–Trinajstić information content (AvgIpc) is 3.70. The SMILES string of the molecule is CCCCCCCCCCCCCCCC(=O)N[C@@H](Cc1c[nH]c2ccccc12)C(=O)N[C@@H](Cc1c[nH]c2ccccc12)C(=O)OCC. The van der Waals surface area contributed by atoms with Gasteiger partial charge < -0.3 is 25.3 Å². The third kappa shape index (κ3) is 11.6. The van der Waals surface area contributed by atoms with Crippen LogP contribution in [0.4, 0.5) is 0 Å². The van der Waals surface area contributed by atoms with Crippen molar-refractivity contribution in [2.45, 2.75) is 129 Å². The number of aromatic amines is 2. The number of nitrogens with one attached hydrogen (secondary N) is 4. The first kappa shape index (κ1) is 36.8. The third-order valence-corrected chi connectivity index (χ3v) is 9.24. The van der Waals surface area contributed by atoms with Gasteiger partial charge in [-0.1, -0.05) is 120 Å². The van der Waals surface area contributed by atoms with Gasteiger partial charge in [0.05, 0.1) is 6.61 Å². The molecule has 0 fully saturated rings. The Hall–Kier alpha value is -4.07. The van der Waals surface area contributed by atoms with Gasteiger partial charge in [0.25, 0.3) is 0 Å². The van der Waals surface area contributed by atoms with Crippen LogP contribution in [-0.4, -0.2) is 46.4 Å². The van der Waals surface area contributed by atoms with Crippen LogP contribution in [0.1, 0.15) is 115 Å². The Bertz CT molecular complexity index is 1560. The first-order valence-electron chi connectivity index (χ1n) is 18.4. The van der Waals surface area contributed by atoms with Gasteiger partial charge in [-0.05, 0) is 36.6 Å². The first-order valence-corrected chi connectivity index (χ1v) is 18.4. The lowest BCUT2D eigenvalue weighted by atomic mass is 10.0.